The summed E-state index contributed by atoms with van der Waals surface area (Å²) >= 11 is 4.63. The van der Waals surface area contributed by atoms with Gasteiger partial charge in [0.25, 0.3) is 0 Å². The molecule has 0 aromatic rings. The molecule has 0 amide bonds. The molecule has 0 spiro atoms. The van der Waals surface area contributed by atoms with Crippen LogP contribution in [0.4, 0.5) is 0 Å². The Morgan fingerprint density at radius 3 is 2.47 bits per heavy atom. The Bertz CT molecular complexity index is 303. The molecule has 0 fully saturated rings. The maximum atomic E-state index is 11.6. The molecule has 0 aliphatic carbocycles. The van der Waals surface area contributed by atoms with E-state index in [1.807, 2.05) is 6.92 Å². The van der Waals surface area contributed by atoms with E-state index in [1.54, 1.807) is 6.92 Å². The second-order valence-corrected chi connectivity index (χ2v) is 5.77. The monoisotopic (exact) mass is 254 g/mol. The standard InChI is InChI=1S/C8H18N2O3S2/c1-4-13-5-6(2)10-15(11,12)7(3)8(9)14/h6-7,10H,4-5H2,1-3H3,(H2,9,14). The Balaban J connectivity index is 4.32. The van der Waals surface area contributed by atoms with Crippen LogP contribution < -0.4 is 10.5 Å². The molecule has 0 bridgehead atoms. The van der Waals surface area contributed by atoms with Gasteiger partial charge in [-0.25, -0.2) is 13.1 Å². The normalized spacial score (nSPS) is 15.9. The second kappa shape index (κ2) is 6.37. The smallest absolute Gasteiger partial charge is 0.221 e. The van der Waals surface area contributed by atoms with Gasteiger partial charge in [-0.05, 0) is 20.8 Å². The van der Waals surface area contributed by atoms with Crippen molar-refractivity contribution in [3.63, 3.8) is 0 Å². The van der Waals surface area contributed by atoms with Crippen LogP contribution in [0.25, 0.3) is 0 Å². The third-order valence-corrected chi connectivity index (χ3v) is 4.22. The number of thiocarbonyl (C=S) groups is 1. The van der Waals surface area contributed by atoms with Crippen LogP contribution in [0.1, 0.15) is 20.8 Å². The third-order valence-electron chi connectivity index (χ3n) is 1.80. The summed E-state index contributed by atoms with van der Waals surface area (Å²) in [6.07, 6.45) is 0. The second-order valence-electron chi connectivity index (χ2n) is 3.27. The highest BCUT2D eigenvalue weighted by Crippen LogP contribution is 2.00. The van der Waals surface area contributed by atoms with Crippen LogP contribution in [-0.2, 0) is 14.8 Å². The minimum atomic E-state index is -3.49. The lowest BCUT2D eigenvalue weighted by Gasteiger charge is -2.17. The summed E-state index contributed by atoms with van der Waals surface area (Å²) in [6, 6.07) is -0.285. The molecule has 0 heterocycles. The van der Waals surface area contributed by atoms with E-state index in [0.717, 1.165) is 0 Å². The fraction of sp³-hybridized carbons (Fsp3) is 0.875. The zero-order valence-electron chi connectivity index (χ0n) is 9.19. The summed E-state index contributed by atoms with van der Waals surface area (Å²) in [7, 11) is -3.49. The highest BCUT2D eigenvalue weighted by molar-refractivity contribution is 7.93. The van der Waals surface area contributed by atoms with Crippen LogP contribution in [0.2, 0.25) is 0 Å². The Hall–Kier alpha value is -0.240. The molecule has 3 N–H and O–H groups in total. The zero-order valence-corrected chi connectivity index (χ0v) is 10.8. The average Bonchev–Trinajstić information content (AvgIpc) is 2.12. The molecular formula is C8H18N2O3S2. The van der Waals surface area contributed by atoms with Gasteiger partial charge in [-0.15, -0.1) is 0 Å². The first-order valence-corrected chi connectivity index (χ1v) is 6.65. The molecule has 0 aliphatic rings. The quantitative estimate of drug-likeness (QED) is 0.625. The van der Waals surface area contributed by atoms with E-state index >= 15 is 0 Å². The van der Waals surface area contributed by atoms with Crippen molar-refractivity contribution in [2.24, 2.45) is 5.73 Å². The molecule has 0 aliphatic heterocycles. The van der Waals surface area contributed by atoms with E-state index in [9.17, 15) is 8.42 Å². The van der Waals surface area contributed by atoms with Crippen molar-refractivity contribution in [1.82, 2.24) is 4.72 Å². The molecule has 2 unspecified atom stereocenters. The Morgan fingerprint density at radius 2 is 2.07 bits per heavy atom. The van der Waals surface area contributed by atoms with E-state index in [-0.39, 0.29) is 11.0 Å². The lowest BCUT2D eigenvalue weighted by Crippen LogP contribution is -2.45. The predicted molar refractivity (Wildman–Crippen MR) is 64.3 cm³/mol. The lowest BCUT2D eigenvalue weighted by atomic mass is 10.4. The van der Waals surface area contributed by atoms with E-state index in [2.05, 4.69) is 16.9 Å². The van der Waals surface area contributed by atoms with Crippen LogP contribution in [0.5, 0.6) is 0 Å². The summed E-state index contributed by atoms with van der Waals surface area (Å²) in [6.45, 7) is 5.91. The van der Waals surface area contributed by atoms with Crippen LogP contribution in [0, 0.1) is 0 Å². The molecule has 0 saturated carbocycles. The van der Waals surface area contributed by atoms with Crippen LogP contribution in [-0.4, -0.2) is 37.9 Å². The van der Waals surface area contributed by atoms with Crippen molar-refractivity contribution in [2.75, 3.05) is 13.2 Å². The van der Waals surface area contributed by atoms with E-state index < -0.39 is 15.3 Å². The van der Waals surface area contributed by atoms with Crippen LogP contribution >= 0.6 is 12.2 Å². The van der Waals surface area contributed by atoms with Crippen molar-refractivity contribution >= 4 is 27.2 Å². The highest BCUT2D eigenvalue weighted by atomic mass is 32.2. The maximum Gasteiger partial charge on any atom is 0.221 e. The lowest BCUT2D eigenvalue weighted by molar-refractivity contribution is 0.133. The zero-order chi connectivity index (χ0) is 12.1. The number of nitrogens with one attached hydrogen (secondary N) is 1. The van der Waals surface area contributed by atoms with E-state index in [0.29, 0.717) is 13.2 Å². The van der Waals surface area contributed by atoms with Crippen molar-refractivity contribution < 1.29 is 13.2 Å². The third kappa shape index (κ3) is 5.41. The molecule has 2 atom stereocenters. The van der Waals surface area contributed by atoms with E-state index in [4.69, 9.17) is 10.5 Å². The first-order chi connectivity index (χ1) is 6.81. The Labute approximate surface area is 96.4 Å². The summed E-state index contributed by atoms with van der Waals surface area (Å²) in [5.74, 6) is 0. The molecule has 5 nitrogen and oxygen atoms in total. The molecular weight excluding hydrogens is 236 g/mol. The number of rotatable bonds is 7. The molecule has 0 aromatic heterocycles. The van der Waals surface area contributed by atoms with Gasteiger partial charge >= 0.3 is 0 Å². The molecule has 90 valence electrons. The molecule has 0 radical (unpaired) electrons. The van der Waals surface area contributed by atoms with Gasteiger partial charge in [-0.3, -0.25) is 0 Å². The fourth-order valence-electron chi connectivity index (χ4n) is 0.864. The fourth-order valence-corrected chi connectivity index (χ4v) is 2.38. The van der Waals surface area contributed by atoms with Crippen LogP contribution in [0.3, 0.4) is 0 Å². The Morgan fingerprint density at radius 1 is 1.53 bits per heavy atom. The minimum Gasteiger partial charge on any atom is -0.392 e. The van der Waals surface area contributed by atoms with Crippen molar-refractivity contribution in [1.29, 1.82) is 0 Å². The van der Waals surface area contributed by atoms with E-state index in [1.165, 1.54) is 6.92 Å². The van der Waals surface area contributed by atoms with Crippen LogP contribution in [0.15, 0.2) is 0 Å². The summed E-state index contributed by atoms with van der Waals surface area (Å²) in [4.78, 5) is -0.0360. The van der Waals surface area contributed by atoms with Gasteiger partial charge in [0.05, 0.1) is 11.6 Å². The number of ether oxygens (including phenoxy) is 1. The average molecular weight is 254 g/mol. The summed E-state index contributed by atoms with van der Waals surface area (Å²) in [5.41, 5.74) is 5.28. The van der Waals surface area contributed by atoms with Gasteiger partial charge in [-0.1, -0.05) is 12.2 Å². The molecule has 15 heavy (non-hydrogen) atoms. The van der Waals surface area contributed by atoms with Crippen molar-refractivity contribution in [3.8, 4) is 0 Å². The topological polar surface area (TPSA) is 81.4 Å². The van der Waals surface area contributed by atoms with Gasteiger partial charge in [-0.2, -0.15) is 0 Å². The first kappa shape index (κ1) is 14.8. The van der Waals surface area contributed by atoms with Crippen molar-refractivity contribution in [3.05, 3.63) is 0 Å². The maximum absolute atomic E-state index is 11.6. The van der Waals surface area contributed by atoms with Gasteiger partial charge in [0.1, 0.15) is 5.25 Å². The Kier molecular flexibility index (Phi) is 6.26. The predicted octanol–water partition coefficient (Wildman–Crippen LogP) is 0.00540. The number of sulfonamides is 1. The van der Waals surface area contributed by atoms with Gasteiger partial charge in [0.15, 0.2) is 0 Å². The number of nitrogens with two attached hydrogens (primary N) is 1. The van der Waals surface area contributed by atoms with Gasteiger partial charge in [0, 0.05) is 12.6 Å². The van der Waals surface area contributed by atoms with Crippen molar-refractivity contribution in [2.45, 2.75) is 32.1 Å². The number of hydrogen-bond donors (Lipinski definition) is 2. The first-order valence-electron chi connectivity index (χ1n) is 4.69. The molecule has 0 aromatic carbocycles. The number of hydrogen-bond acceptors (Lipinski definition) is 4. The molecule has 0 saturated heterocycles. The minimum absolute atomic E-state index is 0.0360. The summed E-state index contributed by atoms with van der Waals surface area (Å²) in [5, 5.41) is -0.864. The van der Waals surface area contributed by atoms with Gasteiger partial charge in [0.2, 0.25) is 10.0 Å². The highest BCUT2D eigenvalue weighted by Gasteiger charge is 2.24. The molecule has 0 rings (SSSR count). The SMILES string of the molecule is CCOCC(C)NS(=O)(=O)C(C)C(N)=S. The molecule has 7 heteroatoms. The largest absolute Gasteiger partial charge is 0.392 e. The summed E-state index contributed by atoms with van der Waals surface area (Å²) < 4.78 is 30.8. The van der Waals surface area contributed by atoms with Gasteiger partial charge < -0.3 is 10.5 Å².